The van der Waals surface area contributed by atoms with Crippen LogP contribution in [-0.4, -0.2) is 56.9 Å². The average Bonchev–Trinajstić information content (AvgIpc) is 3.22. The summed E-state index contributed by atoms with van der Waals surface area (Å²) in [5, 5.41) is 24.9. The van der Waals surface area contributed by atoms with Crippen molar-refractivity contribution in [3.05, 3.63) is 192 Å². The molecule has 0 fully saturated rings. The third-order valence-electron chi connectivity index (χ3n) is 9.63. The van der Waals surface area contributed by atoms with E-state index in [1.807, 2.05) is 127 Å². The van der Waals surface area contributed by atoms with Crippen LogP contribution in [0, 0.1) is 0 Å². The molecule has 296 valence electrons. The fourth-order valence-corrected chi connectivity index (χ4v) is 8.72. The standard InChI is InChI=1S/C49H48N2O6S/c1-48(2,3)57-46(51-42(47(55)56)31-35-28-29-36-20-16-17-21-37(36)30-35)41(33-44(52)53)50-45(54)43(32-34-18-8-4-9-19-34)58-49(38-22-10-5-11-23-38,39-24-12-6-13-25-39)40-26-14-7-15-27-40/h4-30,41-43H,31-33H2,1-3H3,(H,50,54)(H,52,53)(H,55,56). The van der Waals surface area contributed by atoms with Gasteiger partial charge in [0.05, 0.1) is 16.4 Å². The lowest BCUT2D eigenvalue weighted by atomic mass is 9.84. The van der Waals surface area contributed by atoms with Crippen LogP contribution in [0.2, 0.25) is 0 Å². The Labute approximate surface area is 344 Å². The first-order chi connectivity index (χ1) is 27.9. The number of carboxylic acids is 2. The Balaban J connectivity index is 1.44. The van der Waals surface area contributed by atoms with E-state index in [2.05, 4.69) is 46.7 Å². The number of aliphatic imine (C=N–C) groups is 1. The Bertz CT molecular complexity index is 2230. The molecule has 0 aliphatic heterocycles. The van der Waals surface area contributed by atoms with E-state index in [1.54, 1.807) is 20.8 Å². The van der Waals surface area contributed by atoms with Crippen LogP contribution in [0.5, 0.6) is 0 Å². The summed E-state index contributed by atoms with van der Waals surface area (Å²) in [5.74, 6) is -3.03. The zero-order valence-electron chi connectivity index (χ0n) is 32.8. The number of fused-ring (bicyclic) bond motifs is 1. The first-order valence-electron chi connectivity index (χ1n) is 19.3. The zero-order chi connectivity index (χ0) is 41.1. The first-order valence-corrected chi connectivity index (χ1v) is 20.2. The minimum Gasteiger partial charge on any atom is -0.481 e. The van der Waals surface area contributed by atoms with Gasteiger partial charge in [-0.25, -0.2) is 9.79 Å². The molecular weight excluding hydrogens is 745 g/mol. The third-order valence-corrected chi connectivity index (χ3v) is 11.4. The normalized spacial score (nSPS) is 13.6. The van der Waals surface area contributed by atoms with Crippen molar-refractivity contribution in [2.45, 2.75) is 67.7 Å². The van der Waals surface area contributed by atoms with Crippen LogP contribution in [0.1, 0.15) is 55.0 Å². The van der Waals surface area contributed by atoms with Crippen LogP contribution in [0.15, 0.2) is 169 Å². The Kier molecular flexibility index (Phi) is 13.5. The van der Waals surface area contributed by atoms with Gasteiger partial charge in [0.1, 0.15) is 11.6 Å². The number of nitrogens with zero attached hydrogens (tertiary/aromatic N) is 1. The van der Waals surface area contributed by atoms with Gasteiger partial charge in [0.25, 0.3) is 0 Å². The molecule has 6 aromatic carbocycles. The summed E-state index contributed by atoms with van der Waals surface area (Å²) in [6.07, 6.45) is -0.268. The molecule has 0 radical (unpaired) electrons. The summed E-state index contributed by atoms with van der Waals surface area (Å²) in [6.45, 7) is 5.30. The van der Waals surface area contributed by atoms with Crippen molar-refractivity contribution in [1.82, 2.24) is 5.32 Å². The number of carboxylic acid groups (broad SMARTS) is 2. The first kappa shape index (κ1) is 41.4. The Morgan fingerprint density at radius 1 is 0.638 bits per heavy atom. The molecule has 0 saturated heterocycles. The van der Waals surface area contributed by atoms with E-state index in [0.717, 1.165) is 38.6 Å². The van der Waals surface area contributed by atoms with E-state index < -0.39 is 51.9 Å². The summed E-state index contributed by atoms with van der Waals surface area (Å²) >= 11 is 1.47. The predicted molar refractivity (Wildman–Crippen MR) is 232 cm³/mol. The highest BCUT2D eigenvalue weighted by atomic mass is 32.2. The maximum absolute atomic E-state index is 15.1. The summed E-state index contributed by atoms with van der Waals surface area (Å²) < 4.78 is 5.42. The molecule has 0 heterocycles. The number of nitrogens with one attached hydrogen (secondary N) is 1. The lowest BCUT2D eigenvalue weighted by Crippen LogP contribution is -2.50. The van der Waals surface area contributed by atoms with Gasteiger partial charge in [0.2, 0.25) is 11.8 Å². The predicted octanol–water partition coefficient (Wildman–Crippen LogP) is 9.35. The maximum atomic E-state index is 15.1. The fraction of sp³-hybridized carbons (Fsp3) is 0.224. The quantitative estimate of drug-likeness (QED) is 0.0507. The second-order valence-electron chi connectivity index (χ2n) is 15.2. The van der Waals surface area contributed by atoms with Gasteiger partial charge in [-0.05, 0) is 65.8 Å². The van der Waals surface area contributed by atoms with Crippen molar-refractivity contribution in [3.8, 4) is 0 Å². The van der Waals surface area contributed by atoms with Crippen molar-refractivity contribution in [1.29, 1.82) is 0 Å². The van der Waals surface area contributed by atoms with E-state index in [1.165, 1.54) is 11.8 Å². The van der Waals surface area contributed by atoms with Crippen molar-refractivity contribution in [3.63, 3.8) is 0 Å². The molecule has 0 aliphatic carbocycles. The van der Waals surface area contributed by atoms with Crippen LogP contribution in [0.4, 0.5) is 0 Å². The number of ether oxygens (including phenoxy) is 1. The van der Waals surface area contributed by atoms with Gasteiger partial charge in [-0.1, -0.05) is 164 Å². The molecule has 6 aromatic rings. The SMILES string of the molecule is CC(C)(C)OC(=NC(Cc1ccc2ccccc2c1)C(=O)O)C(CC(=O)O)NC(=O)C(Cc1ccccc1)SC(c1ccccc1)(c1ccccc1)c1ccccc1. The molecule has 8 nitrogen and oxygen atoms in total. The fourth-order valence-electron chi connectivity index (χ4n) is 7.02. The molecule has 3 unspecified atom stereocenters. The van der Waals surface area contributed by atoms with Crippen LogP contribution >= 0.6 is 11.8 Å². The number of amides is 1. The highest BCUT2D eigenvalue weighted by Gasteiger charge is 2.42. The lowest BCUT2D eigenvalue weighted by Gasteiger charge is -2.38. The minimum absolute atomic E-state index is 0.0190. The molecule has 0 saturated carbocycles. The largest absolute Gasteiger partial charge is 0.481 e. The number of hydrogen-bond donors (Lipinski definition) is 3. The van der Waals surface area contributed by atoms with Crippen LogP contribution in [-0.2, 0) is 36.7 Å². The van der Waals surface area contributed by atoms with E-state index in [4.69, 9.17) is 4.74 Å². The molecule has 58 heavy (non-hydrogen) atoms. The third kappa shape index (κ3) is 10.6. The molecular formula is C49H48N2O6S. The number of thioether (sulfide) groups is 1. The molecule has 0 aromatic heterocycles. The smallest absolute Gasteiger partial charge is 0.328 e. The van der Waals surface area contributed by atoms with Crippen LogP contribution < -0.4 is 5.32 Å². The van der Waals surface area contributed by atoms with Crippen molar-refractivity contribution in [2.75, 3.05) is 0 Å². The highest BCUT2D eigenvalue weighted by Crippen LogP contribution is 2.50. The highest BCUT2D eigenvalue weighted by molar-refractivity contribution is 8.02. The molecule has 3 N–H and O–H groups in total. The van der Waals surface area contributed by atoms with Gasteiger partial charge in [0.15, 0.2) is 6.04 Å². The molecule has 3 atom stereocenters. The van der Waals surface area contributed by atoms with Crippen LogP contribution in [0.25, 0.3) is 10.8 Å². The number of carbonyl (C=O) groups excluding carboxylic acids is 1. The second kappa shape index (κ2) is 18.8. The number of rotatable bonds is 16. The monoisotopic (exact) mass is 792 g/mol. The summed E-state index contributed by atoms with van der Waals surface area (Å²) in [6, 6.07) is 50.7. The topological polar surface area (TPSA) is 125 Å². The number of carbonyl (C=O) groups is 3. The Morgan fingerprint density at radius 3 is 1.64 bits per heavy atom. The minimum atomic E-state index is -1.33. The Hall–Kier alpha value is -6.19. The van der Waals surface area contributed by atoms with Gasteiger partial charge in [-0.15, -0.1) is 11.8 Å². The molecule has 0 spiro atoms. The number of benzene rings is 6. The van der Waals surface area contributed by atoms with Gasteiger partial charge < -0.3 is 20.3 Å². The van der Waals surface area contributed by atoms with Gasteiger partial charge in [0, 0.05) is 6.42 Å². The van der Waals surface area contributed by atoms with E-state index in [9.17, 15) is 19.8 Å². The van der Waals surface area contributed by atoms with Gasteiger partial charge >= 0.3 is 11.9 Å². The molecule has 0 bridgehead atoms. The van der Waals surface area contributed by atoms with Gasteiger partial charge in [-0.2, -0.15) is 0 Å². The molecule has 0 aliphatic rings. The number of hydrogen-bond acceptors (Lipinski definition) is 6. The summed E-state index contributed by atoms with van der Waals surface area (Å²) in [7, 11) is 0. The maximum Gasteiger partial charge on any atom is 0.328 e. The molecule has 1 amide bonds. The van der Waals surface area contributed by atoms with Crippen molar-refractivity contribution in [2.24, 2.45) is 4.99 Å². The van der Waals surface area contributed by atoms with E-state index >= 15 is 4.79 Å². The molecule has 6 rings (SSSR count). The second-order valence-corrected chi connectivity index (χ2v) is 16.6. The lowest BCUT2D eigenvalue weighted by molar-refractivity contribution is -0.138. The zero-order valence-corrected chi connectivity index (χ0v) is 33.6. The summed E-state index contributed by atoms with van der Waals surface area (Å²) in [5.41, 5.74) is 3.62. The van der Waals surface area contributed by atoms with Crippen molar-refractivity contribution < 1.29 is 29.3 Å². The molecule has 9 heteroatoms. The van der Waals surface area contributed by atoms with E-state index in [-0.39, 0.29) is 12.3 Å². The Morgan fingerprint density at radius 2 is 1.14 bits per heavy atom. The summed E-state index contributed by atoms with van der Waals surface area (Å²) in [4.78, 5) is 45.1. The van der Waals surface area contributed by atoms with Gasteiger partial charge in [-0.3, -0.25) is 9.59 Å². The average molecular weight is 793 g/mol. The van der Waals surface area contributed by atoms with Crippen molar-refractivity contribution >= 4 is 46.3 Å². The van der Waals surface area contributed by atoms with E-state index in [0.29, 0.717) is 6.42 Å². The van der Waals surface area contributed by atoms with Crippen LogP contribution in [0.3, 0.4) is 0 Å². The number of aliphatic carboxylic acids is 2.